The van der Waals surface area contributed by atoms with Gasteiger partial charge in [0.25, 0.3) is 0 Å². The molecular weight excluding hydrogens is 270 g/mol. The zero-order valence-electron chi connectivity index (χ0n) is 11.1. The van der Waals surface area contributed by atoms with Crippen molar-refractivity contribution in [1.29, 1.82) is 0 Å². The summed E-state index contributed by atoms with van der Waals surface area (Å²) in [6.07, 6.45) is 0. The van der Waals surface area contributed by atoms with Crippen LogP contribution < -0.4 is 16.4 Å². The second-order valence-corrected chi connectivity index (χ2v) is 4.52. The summed E-state index contributed by atoms with van der Waals surface area (Å²) in [6, 6.07) is 14.2. The third kappa shape index (κ3) is 3.11. The maximum Gasteiger partial charge on any atom is 0.417 e. The highest BCUT2D eigenvalue weighted by Crippen LogP contribution is 2.12. The Morgan fingerprint density at radius 2 is 1.95 bits per heavy atom. The average Bonchev–Trinajstić information content (AvgIpc) is 2.85. The highest BCUT2D eigenvalue weighted by atomic mass is 16.4. The first-order chi connectivity index (χ1) is 10.2. The normalized spacial score (nSPS) is 10.5. The topological polar surface area (TPSA) is 87.1 Å². The molecule has 106 valence electrons. The van der Waals surface area contributed by atoms with Crippen LogP contribution in [0.5, 0.6) is 0 Å². The van der Waals surface area contributed by atoms with E-state index in [-0.39, 0.29) is 6.03 Å². The summed E-state index contributed by atoms with van der Waals surface area (Å²) < 4.78 is 4.92. The van der Waals surface area contributed by atoms with Crippen LogP contribution in [0.3, 0.4) is 0 Å². The molecule has 0 aliphatic heterocycles. The molecule has 0 aliphatic rings. The molecule has 0 atom stereocenters. The number of hydrogen-bond acceptors (Lipinski definition) is 3. The number of oxazole rings is 1. The summed E-state index contributed by atoms with van der Waals surface area (Å²) >= 11 is 0. The van der Waals surface area contributed by atoms with Crippen molar-refractivity contribution >= 4 is 22.8 Å². The first kappa shape index (κ1) is 13.0. The van der Waals surface area contributed by atoms with E-state index in [1.54, 1.807) is 18.2 Å². The fourth-order valence-corrected chi connectivity index (χ4v) is 1.99. The number of aromatic amines is 1. The Balaban J connectivity index is 1.63. The Morgan fingerprint density at radius 3 is 2.76 bits per heavy atom. The molecule has 0 saturated heterocycles. The minimum Gasteiger partial charge on any atom is -0.408 e. The van der Waals surface area contributed by atoms with Gasteiger partial charge in [0.1, 0.15) is 0 Å². The number of nitrogens with one attached hydrogen (secondary N) is 3. The van der Waals surface area contributed by atoms with Gasteiger partial charge in [-0.1, -0.05) is 24.3 Å². The molecule has 3 rings (SSSR count). The number of carbonyl (C=O) groups excluding carboxylic acids is 1. The summed E-state index contributed by atoms with van der Waals surface area (Å²) in [5.41, 5.74) is 2.70. The predicted molar refractivity (Wildman–Crippen MR) is 79.1 cm³/mol. The van der Waals surface area contributed by atoms with Crippen molar-refractivity contribution in [2.24, 2.45) is 0 Å². The first-order valence-corrected chi connectivity index (χ1v) is 6.42. The van der Waals surface area contributed by atoms with E-state index in [0.29, 0.717) is 17.6 Å². The second-order valence-electron chi connectivity index (χ2n) is 4.52. The quantitative estimate of drug-likeness (QED) is 0.690. The third-order valence-corrected chi connectivity index (χ3v) is 2.97. The van der Waals surface area contributed by atoms with E-state index >= 15 is 0 Å². The van der Waals surface area contributed by atoms with Crippen LogP contribution >= 0.6 is 0 Å². The highest BCUT2D eigenvalue weighted by molar-refractivity contribution is 5.89. The fourth-order valence-electron chi connectivity index (χ4n) is 1.99. The van der Waals surface area contributed by atoms with E-state index in [9.17, 15) is 9.59 Å². The van der Waals surface area contributed by atoms with E-state index in [4.69, 9.17) is 4.42 Å². The Labute approximate surface area is 119 Å². The van der Waals surface area contributed by atoms with E-state index in [1.807, 2.05) is 30.3 Å². The number of benzene rings is 2. The van der Waals surface area contributed by atoms with Crippen molar-refractivity contribution in [1.82, 2.24) is 10.3 Å². The maximum atomic E-state index is 11.8. The van der Waals surface area contributed by atoms with Gasteiger partial charge in [-0.2, -0.15) is 0 Å². The summed E-state index contributed by atoms with van der Waals surface area (Å²) in [5.74, 6) is -0.489. The van der Waals surface area contributed by atoms with Crippen LogP contribution in [-0.2, 0) is 6.54 Å². The molecule has 6 heteroatoms. The molecule has 1 heterocycles. The molecule has 2 amide bonds. The molecule has 2 aromatic carbocycles. The predicted octanol–water partition coefficient (Wildman–Crippen LogP) is 2.44. The SMILES string of the molecule is O=C(NCc1ccc2oc(=O)[nH]c2c1)Nc1ccccc1. The largest absolute Gasteiger partial charge is 0.417 e. The Hall–Kier alpha value is -3.02. The van der Waals surface area contributed by atoms with Gasteiger partial charge < -0.3 is 15.1 Å². The highest BCUT2D eigenvalue weighted by Gasteiger charge is 2.04. The number of aromatic nitrogens is 1. The summed E-state index contributed by atoms with van der Waals surface area (Å²) in [4.78, 5) is 25.4. The van der Waals surface area contributed by atoms with Crippen LogP contribution in [0.4, 0.5) is 10.5 Å². The number of amides is 2. The van der Waals surface area contributed by atoms with Crippen molar-refractivity contribution in [2.75, 3.05) is 5.32 Å². The van der Waals surface area contributed by atoms with Crippen LogP contribution in [0.15, 0.2) is 57.7 Å². The van der Waals surface area contributed by atoms with Crippen molar-refractivity contribution < 1.29 is 9.21 Å². The van der Waals surface area contributed by atoms with Gasteiger partial charge in [0, 0.05) is 12.2 Å². The van der Waals surface area contributed by atoms with Crippen LogP contribution in [0.25, 0.3) is 11.1 Å². The molecule has 3 aromatic rings. The molecule has 6 nitrogen and oxygen atoms in total. The molecule has 0 aliphatic carbocycles. The Kier molecular flexibility index (Phi) is 3.42. The van der Waals surface area contributed by atoms with E-state index in [2.05, 4.69) is 15.6 Å². The molecule has 21 heavy (non-hydrogen) atoms. The molecule has 0 bridgehead atoms. The van der Waals surface area contributed by atoms with Gasteiger partial charge in [0.05, 0.1) is 5.52 Å². The number of fused-ring (bicyclic) bond motifs is 1. The van der Waals surface area contributed by atoms with Gasteiger partial charge in [0.2, 0.25) is 0 Å². The molecule has 0 saturated carbocycles. The van der Waals surface area contributed by atoms with E-state index < -0.39 is 5.76 Å². The lowest BCUT2D eigenvalue weighted by Crippen LogP contribution is -2.28. The smallest absolute Gasteiger partial charge is 0.408 e. The monoisotopic (exact) mass is 283 g/mol. The minimum atomic E-state index is -0.489. The molecule has 0 fully saturated rings. The zero-order valence-corrected chi connectivity index (χ0v) is 11.1. The molecule has 0 radical (unpaired) electrons. The van der Waals surface area contributed by atoms with Crippen molar-refractivity contribution in [3.8, 4) is 0 Å². The summed E-state index contributed by atoms with van der Waals surface area (Å²) in [5, 5.41) is 5.47. The van der Waals surface area contributed by atoms with Gasteiger partial charge in [-0.3, -0.25) is 4.98 Å². The lowest BCUT2D eigenvalue weighted by Gasteiger charge is -2.07. The van der Waals surface area contributed by atoms with E-state index in [0.717, 1.165) is 11.3 Å². The number of carbonyl (C=O) groups is 1. The van der Waals surface area contributed by atoms with Crippen molar-refractivity contribution in [2.45, 2.75) is 6.54 Å². The Morgan fingerprint density at radius 1 is 1.14 bits per heavy atom. The van der Waals surface area contributed by atoms with Crippen molar-refractivity contribution in [3.63, 3.8) is 0 Å². The maximum absolute atomic E-state index is 11.8. The van der Waals surface area contributed by atoms with E-state index in [1.165, 1.54) is 0 Å². The van der Waals surface area contributed by atoms with Gasteiger partial charge in [0.15, 0.2) is 5.58 Å². The van der Waals surface area contributed by atoms with Gasteiger partial charge in [-0.25, -0.2) is 9.59 Å². The number of anilines is 1. The lowest BCUT2D eigenvalue weighted by atomic mass is 10.2. The number of rotatable bonds is 3. The first-order valence-electron chi connectivity index (χ1n) is 6.42. The molecule has 0 spiro atoms. The standard InChI is InChI=1S/C15H13N3O3/c19-14(17-11-4-2-1-3-5-11)16-9-10-6-7-13-12(8-10)18-15(20)21-13/h1-8H,9H2,(H,18,20)(H2,16,17,19). The average molecular weight is 283 g/mol. The molecule has 3 N–H and O–H groups in total. The Bertz CT molecular complexity index is 821. The van der Waals surface area contributed by atoms with Crippen LogP contribution in [-0.4, -0.2) is 11.0 Å². The van der Waals surface area contributed by atoms with Gasteiger partial charge in [-0.15, -0.1) is 0 Å². The minimum absolute atomic E-state index is 0.290. The summed E-state index contributed by atoms with van der Waals surface area (Å²) in [6.45, 7) is 0.349. The number of para-hydroxylation sites is 1. The van der Waals surface area contributed by atoms with Crippen molar-refractivity contribution in [3.05, 3.63) is 64.6 Å². The zero-order chi connectivity index (χ0) is 14.7. The number of hydrogen-bond donors (Lipinski definition) is 3. The number of H-pyrrole nitrogens is 1. The summed E-state index contributed by atoms with van der Waals surface area (Å²) in [7, 11) is 0. The lowest BCUT2D eigenvalue weighted by molar-refractivity contribution is 0.251. The van der Waals surface area contributed by atoms with Gasteiger partial charge in [-0.05, 0) is 29.8 Å². The third-order valence-electron chi connectivity index (χ3n) is 2.97. The van der Waals surface area contributed by atoms with Crippen LogP contribution in [0.1, 0.15) is 5.56 Å². The van der Waals surface area contributed by atoms with Crippen LogP contribution in [0.2, 0.25) is 0 Å². The molecular formula is C15H13N3O3. The number of urea groups is 1. The van der Waals surface area contributed by atoms with Gasteiger partial charge >= 0.3 is 11.8 Å². The molecule has 0 unspecified atom stereocenters. The fraction of sp³-hybridized carbons (Fsp3) is 0.0667. The molecule has 1 aromatic heterocycles. The second kappa shape index (κ2) is 5.54. The van der Waals surface area contributed by atoms with Crippen LogP contribution in [0, 0.1) is 0 Å².